The van der Waals surface area contributed by atoms with E-state index in [2.05, 4.69) is 20.1 Å². The predicted octanol–water partition coefficient (Wildman–Crippen LogP) is 1.53. The van der Waals surface area contributed by atoms with Gasteiger partial charge in [-0.1, -0.05) is 0 Å². The Bertz CT molecular complexity index is 963. The number of anilines is 1. The van der Waals surface area contributed by atoms with E-state index in [4.69, 9.17) is 0 Å². The highest BCUT2D eigenvalue weighted by molar-refractivity contribution is 5.94. The minimum absolute atomic E-state index is 0.0286. The van der Waals surface area contributed by atoms with Crippen LogP contribution in [0.15, 0.2) is 55.1 Å². The number of rotatable bonds is 4. The van der Waals surface area contributed by atoms with Crippen molar-refractivity contribution >= 4 is 17.4 Å². The zero-order valence-corrected chi connectivity index (χ0v) is 14.9. The van der Waals surface area contributed by atoms with E-state index in [1.807, 2.05) is 12.1 Å². The van der Waals surface area contributed by atoms with Crippen molar-refractivity contribution in [3.05, 3.63) is 70.8 Å². The highest BCUT2D eigenvalue weighted by Crippen LogP contribution is 2.17. The van der Waals surface area contributed by atoms with Crippen LogP contribution in [0.3, 0.4) is 0 Å². The summed E-state index contributed by atoms with van der Waals surface area (Å²) in [7, 11) is 0. The zero-order valence-electron chi connectivity index (χ0n) is 14.9. The van der Waals surface area contributed by atoms with E-state index in [1.165, 1.54) is 24.3 Å². The van der Waals surface area contributed by atoms with Crippen LogP contribution in [-0.4, -0.2) is 61.7 Å². The lowest BCUT2D eigenvalue weighted by atomic mass is 10.1. The fourth-order valence-corrected chi connectivity index (χ4v) is 3.07. The Morgan fingerprint density at radius 1 is 0.964 bits per heavy atom. The number of nitro groups is 1. The van der Waals surface area contributed by atoms with Crippen LogP contribution in [0.2, 0.25) is 0 Å². The number of non-ortho nitro benzene ring substituents is 1. The molecule has 0 saturated carbocycles. The number of carbonyl (C=O) groups excluding carboxylic acids is 1. The number of hydrogen-bond donors (Lipinski definition) is 0. The number of piperazine rings is 1. The van der Waals surface area contributed by atoms with Crippen molar-refractivity contribution in [1.29, 1.82) is 0 Å². The molecule has 0 spiro atoms. The first-order chi connectivity index (χ1) is 13.6. The molecule has 0 N–H and O–H groups in total. The standard InChI is InChI=1S/C18H17N7O3/c26-18(14-1-3-15(4-2-14)25(27)28)23-11-9-22(10-12-23)16-5-6-17(21-20-16)24-8-7-19-13-24/h1-8,13H,9-12H2. The summed E-state index contributed by atoms with van der Waals surface area (Å²) in [6.45, 7) is 2.36. The van der Waals surface area contributed by atoms with Crippen LogP contribution in [0, 0.1) is 10.1 Å². The van der Waals surface area contributed by atoms with Crippen LogP contribution >= 0.6 is 0 Å². The van der Waals surface area contributed by atoms with Gasteiger partial charge in [-0.25, -0.2) is 4.98 Å². The maximum Gasteiger partial charge on any atom is 0.269 e. The first-order valence-electron chi connectivity index (χ1n) is 8.72. The average Bonchev–Trinajstić information content (AvgIpc) is 3.28. The summed E-state index contributed by atoms with van der Waals surface area (Å²) in [4.78, 5) is 30.7. The monoisotopic (exact) mass is 379 g/mol. The van der Waals surface area contributed by atoms with Gasteiger partial charge in [-0.3, -0.25) is 19.5 Å². The molecule has 10 nitrogen and oxygen atoms in total. The maximum absolute atomic E-state index is 12.6. The van der Waals surface area contributed by atoms with Crippen LogP contribution in [0.1, 0.15) is 10.4 Å². The van der Waals surface area contributed by atoms with Gasteiger partial charge in [0, 0.05) is 56.3 Å². The van der Waals surface area contributed by atoms with Gasteiger partial charge in [0.15, 0.2) is 11.6 Å². The molecule has 10 heteroatoms. The van der Waals surface area contributed by atoms with E-state index in [1.54, 1.807) is 28.2 Å². The van der Waals surface area contributed by atoms with Crippen molar-refractivity contribution in [2.45, 2.75) is 0 Å². The van der Waals surface area contributed by atoms with Gasteiger partial charge in [-0.05, 0) is 24.3 Å². The molecular formula is C18H17N7O3. The second-order valence-corrected chi connectivity index (χ2v) is 6.30. The van der Waals surface area contributed by atoms with E-state index in [9.17, 15) is 14.9 Å². The molecule has 0 unspecified atom stereocenters. The van der Waals surface area contributed by atoms with Gasteiger partial charge in [-0.2, -0.15) is 0 Å². The Kier molecular flexibility index (Phi) is 4.67. The third-order valence-electron chi connectivity index (χ3n) is 4.62. The van der Waals surface area contributed by atoms with Crippen LogP contribution < -0.4 is 4.90 Å². The SMILES string of the molecule is O=C(c1ccc([N+](=O)[O-])cc1)N1CCN(c2ccc(-n3ccnc3)nn2)CC1. The number of nitro benzene ring substituents is 1. The van der Waals surface area contributed by atoms with Crippen molar-refractivity contribution in [3.63, 3.8) is 0 Å². The molecule has 3 aromatic rings. The summed E-state index contributed by atoms with van der Waals surface area (Å²) in [5, 5.41) is 19.2. The van der Waals surface area contributed by atoms with Crippen molar-refractivity contribution in [3.8, 4) is 5.82 Å². The quantitative estimate of drug-likeness (QED) is 0.499. The highest BCUT2D eigenvalue weighted by Gasteiger charge is 2.23. The molecule has 3 heterocycles. The molecule has 0 radical (unpaired) electrons. The Morgan fingerprint density at radius 3 is 2.21 bits per heavy atom. The van der Waals surface area contributed by atoms with Crippen molar-refractivity contribution in [1.82, 2.24) is 24.6 Å². The van der Waals surface area contributed by atoms with Crippen molar-refractivity contribution in [2.75, 3.05) is 31.1 Å². The summed E-state index contributed by atoms with van der Waals surface area (Å²) in [5.74, 6) is 1.32. The molecule has 142 valence electrons. The fourth-order valence-electron chi connectivity index (χ4n) is 3.07. The molecule has 1 amide bonds. The molecule has 0 aliphatic carbocycles. The van der Waals surface area contributed by atoms with E-state index in [0.717, 1.165) is 5.82 Å². The van der Waals surface area contributed by atoms with E-state index in [0.29, 0.717) is 37.6 Å². The molecule has 0 bridgehead atoms. The Hall–Kier alpha value is -3.82. The molecule has 1 aliphatic heterocycles. The van der Waals surface area contributed by atoms with Gasteiger partial charge in [0.25, 0.3) is 11.6 Å². The summed E-state index contributed by atoms with van der Waals surface area (Å²) in [6.07, 6.45) is 5.13. The summed E-state index contributed by atoms with van der Waals surface area (Å²) >= 11 is 0. The lowest BCUT2D eigenvalue weighted by molar-refractivity contribution is -0.384. The molecule has 0 atom stereocenters. The van der Waals surface area contributed by atoms with Gasteiger partial charge in [0.2, 0.25) is 0 Å². The number of hydrogen-bond acceptors (Lipinski definition) is 7. The summed E-state index contributed by atoms with van der Waals surface area (Å²) in [5.41, 5.74) is 0.419. The van der Waals surface area contributed by atoms with Gasteiger partial charge >= 0.3 is 0 Å². The van der Waals surface area contributed by atoms with E-state index in [-0.39, 0.29) is 11.6 Å². The van der Waals surface area contributed by atoms with Crippen molar-refractivity contribution < 1.29 is 9.72 Å². The van der Waals surface area contributed by atoms with Gasteiger partial charge < -0.3 is 9.80 Å². The van der Waals surface area contributed by atoms with Gasteiger partial charge in [0.1, 0.15) is 6.33 Å². The summed E-state index contributed by atoms with van der Waals surface area (Å²) in [6, 6.07) is 9.46. The summed E-state index contributed by atoms with van der Waals surface area (Å²) < 4.78 is 1.78. The maximum atomic E-state index is 12.6. The van der Waals surface area contributed by atoms with Crippen LogP contribution in [-0.2, 0) is 0 Å². The Balaban J connectivity index is 1.37. The van der Waals surface area contributed by atoms with Gasteiger partial charge in [0.05, 0.1) is 4.92 Å². The fraction of sp³-hybridized carbons (Fsp3) is 0.222. The number of aromatic nitrogens is 4. The second-order valence-electron chi connectivity index (χ2n) is 6.30. The number of benzene rings is 1. The number of imidazole rings is 1. The van der Waals surface area contributed by atoms with E-state index >= 15 is 0 Å². The van der Waals surface area contributed by atoms with Gasteiger partial charge in [-0.15, -0.1) is 10.2 Å². The normalized spacial score (nSPS) is 14.1. The molecule has 2 aromatic heterocycles. The number of carbonyl (C=O) groups is 1. The van der Waals surface area contributed by atoms with Crippen LogP contribution in [0.4, 0.5) is 11.5 Å². The highest BCUT2D eigenvalue weighted by atomic mass is 16.6. The number of nitrogens with zero attached hydrogens (tertiary/aromatic N) is 7. The molecule has 1 aliphatic rings. The number of amides is 1. The van der Waals surface area contributed by atoms with E-state index < -0.39 is 4.92 Å². The van der Waals surface area contributed by atoms with Crippen molar-refractivity contribution in [2.24, 2.45) is 0 Å². The molecule has 1 aromatic carbocycles. The third kappa shape index (κ3) is 3.52. The first kappa shape index (κ1) is 17.6. The minimum atomic E-state index is -0.480. The minimum Gasteiger partial charge on any atom is -0.352 e. The third-order valence-corrected chi connectivity index (χ3v) is 4.62. The Morgan fingerprint density at radius 2 is 1.64 bits per heavy atom. The largest absolute Gasteiger partial charge is 0.352 e. The zero-order chi connectivity index (χ0) is 19.5. The molecular weight excluding hydrogens is 362 g/mol. The molecule has 1 fully saturated rings. The van der Waals surface area contributed by atoms with Crippen LogP contribution in [0.5, 0.6) is 0 Å². The molecule has 1 saturated heterocycles. The first-order valence-corrected chi connectivity index (χ1v) is 8.72. The predicted molar refractivity (Wildman–Crippen MR) is 100 cm³/mol. The topological polar surface area (TPSA) is 110 Å². The average molecular weight is 379 g/mol. The lowest BCUT2D eigenvalue weighted by Crippen LogP contribution is -2.49. The smallest absolute Gasteiger partial charge is 0.269 e. The second kappa shape index (κ2) is 7.43. The lowest BCUT2D eigenvalue weighted by Gasteiger charge is -2.35. The Labute approximate surface area is 160 Å². The molecule has 4 rings (SSSR count). The molecule has 28 heavy (non-hydrogen) atoms. The van der Waals surface area contributed by atoms with Crippen LogP contribution in [0.25, 0.3) is 5.82 Å².